The van der Waals surface area contributed by atoms with Crippen LogP contribution >= 0.6 is 0 Å². The van der Waals surface area contributed by atoms with Crippen molar-refractivity contribution in [2.24, 2.45) is 0 Å². The zero-order valence-corrected chi connectivity index (χ0v) is 11.5. The van der Waals surface area contributed by atoms with Crippen LogP contribution < -0.4 is 4.74 Å². The van der Waals surface area contributed by atoms with Gasteiger partial charge in [0.1, 0.15) is 18.5 Å². The highest BCUT2D eigenvalue weighted by Gasteiger charge is 2.09. The highest BCUT2D eigenvalue weighted by molar-refractivity contribution is 5.32. The summed E-state index contributed by atoms with van der Waals surface area (Å²) in [6, 6.07) is 15.8. The van der Waals surface area contributed by atoms with Gasteiger partial charge in [-0.05, 0) is 36.1 Å². The maximum Gasteiger partial charge on any atom is 0.122 e. The van der Waals surface area contributed by atoms with Crippen LogP contribution in [0.5, 0.6) is 5.75 Å². The van der Waals surface area contributed by atoms with Crippen molar-refractivity contribution in [3.05, 3.63) is 65.2 Å². The number of ether oxygens (including phenoxy) is 1. The molecule has 2 nitrogen and oxygen atoms in total. The van der Waals surface area contributed by atoms with E-state index in [1.807, 2.05) is 55.5 Å². The Balaban J connectivity index is 1.97. The van der Waals surface area contributed by atoms with Gasteiger partial charge < -0.3 is 9.84 Å². The Morgan fingerprint density at radius 3 is 2.37 bits per heavy atom. The topological polar surface area (TPSA) is 29.5 Å². The molecule has 0 heterocycles. The van der Waals surface area contributed by atoms with Gasteiger partial charge in [-0.25, -0.2) is 0 Å². The molecule has 0 aliphatic carbocycles. The van der Waals surface area contributed by atoms with Crippen LogP contribution in [0.15, 0.2) is 48.5 Å². The summed E-state index contributed by atoms with van der Waals surface area (Å²) in [5, 5.41) is 10.1. The van der Waals surface area contributed by atoms with E-state index < -0.39 is 6.10 Å². The Hall–Kier alpha value is -1.80. The van der Waals surface area contributed by atoms with Crippen LogP contribution in [-0.4, -0.2) is 11.7 Å². The Morgan fingerprint density at radius 2 is 1.74 bits per heavy atom. The molecule has 0 amide bonds. The number of hydrogen-bond acceptors (Lipinski definition) is 2. The van der Waals surface area contributed by atoms with E-state index >= 15 is 0 Å². The molecule has 0 aliphatic rings. The first-order chi connectivity index (χ1) is 9.20. The van der Waals surface area contributed by atoms with Gasteiger partial charge in [0, 0.05) is 0 Å². The second-order valence-electron chi connectivity index (χ2n) is 4.69. The predicted molar refractivity (Wildman–Crippen MR) is 77.5 cm³/mol. The molecule has 1 atom stereocenters. The highest BCUT2D eigenvalue weighted by atomic mass is 16.5. The van der Waals surface area contributed by atoms with E-state index in [9.17, 15) is 5.11 Å². The molecule has 0 saturated heterocycles. The zero-order valence-electron chi connectivity index (χ0n) is 11.5. The molecule has 0 fully saturated rings. The number of aryl methyl sites for hydroxylation is 2. The van der Waals surface area contributed by atoms with E-state index in [0.29, 0.717) is 0 Å². The lowest BCUT2D eigenvalue weighted by atomic mass is 10.1. The number of para-hydroxylation sites is 1. The fraction of sp³-hybridized carbons (Fsp3) is 0.294. The molecule has 100 valence electrons. The van der Waals surface area contributed by atoms with E-state index in [1.165, 1.54) is 5.56 Å². The van der Waals surface area contributed by atoms with E-state index in [2.05, 4.69) is 6.92 Å². The summed E-state index contributed by atoms with van der Waals surface area (Å²) in [6.45, 7) is 4.39. The van der Waals surface area contributed by atoms with Crippen LogP contribution in [0.2, 0.25) is 0 Å². The summed E-state index contributed by atoms with van der Waals surface area (Å²) in [5.41, 5.74) is 3.25. The molecule has 2 rings (SSSR count). The lowest BCUT2D eigenvalue weighted by Crippen LogP contribution is -2.10. The monoisotopic (exact) mass is 256 g/mol. The molecular formula is C17H20O2. The SMILES string of the molecule is CCc1ccc(C(O)COc2ccccc2C)cc1. The normalized spacial score (nSPS) is 12.2. The van der Waals surface area contributed by atoms with Crippen LogP contribution in [0.4, 0.5) is 0 Å². The molecule has 0 saturated carbocycles. The van der Waals surface area contributed by atoms with Gasteiger partial charge in [-0.15, -0.1) is 0 Å². The van der Waals surface area contributed by atoms with Crippen molar-refractivity contribution in [3.63, 3.8) is 0 Å². The minimum atomic E-state index is -0.592. The van der Waals surface area contributed by atoms with Gasteiger partial charge in [-0.1, -0.05) is 49.4 Å². The summed E-state index contributed by atoms with van der Waals surface area (Å²) >= 11 is 0. The molecule has 0 spiro atoms. The van der Waals surface area contributed by atoms with E-state index in [-0.39, 0.29) is 6.61 Å². The van der Waals surface area contributed by atoms with Crippen molar-refractivity contribution in [2.45, 2.75) is 26.4 Å². The third-order valence-electron chi connectivity index (χ3n) is 3.26. The third-order valence-corrected chi connectivity index (χ3v) is 3.26. The van der Waals surface area contributed by atoms with E-state index in [4.69, 9.17) is 4.74 Å². The number of aliphatic hydroxyl groups is 1. The summed E-state index contributed by atoms with van der Waals surface area (Å²) in [4.78, 5) is 0. The van der Waals surface area contributed by atoms with Gasteiger partial charge in [0.2, 0.25) is 0 Å². The average molecular weight is 256 g/mol. The largest absolute Gasteiger partial charge is 0.490 e. The summed E-state index contributed by atoms with van der Waals surface area (Å²) in [5.74, 6) is 0.826. The Kier molecular flexibility index (Phi) is 4.58. The second kappa shape index (κ2) is 6.39. The van der Waals surface area contributed by atoms with Crippen molar-refractivity contribution in [2.75, 3.05) is 6.61 Å². The van der Waals surface area contributed by atoms with E-state index in [0.717, 1.165) is 23.3 Å². The number of hydrogen-bond donors (Lipinski definition) is 1. The van der Waals surface area contributed by atoms with Gasteiger partial charge in [-0.2, -0.15) is 0 Å². The predicted octanol–water partition coefficient (Wildman–Crippen LogP) is 3.67. The number of aliphatic hydroxyl groups excluding tert-OH is 1. The van der Waals surface area contributed by atoms with Crippen LogP contribution in [-0.2, 0) is 6.42 Å². The fourth-order valence-electron chi connectivity index (χ4n) is 1.96. The Labute approximate surface area is 114 Å². The molecule has 0 aromatic heterocycles. The smallest absolute Gasteiger partial charge is 0.122 e. The van der Waals surface area contributed by atoms with Crippen LogP contribution in [0.25, 0.3) is 0 Å². The first-order valence-corrected chi connectivity index (χ1v) is 6.66. The minimum Gasteiger partial charge on any atom is -0.490 e. The molecule has 1 unspecified atom stereocenters. The Morgan fingerprint density at radius 1 is 1.05 bits per heavy atom. The molecule has 19 heavy (non-hydrogen) atoms. The van der Waals surface area contributed by atoms with Crippen LogP contribution in [0.3, 0.4) is 0 Å². The second-order valence-corrected chi connectivity index (χ2v) is 4.69. The molecule has 1 N–H and O–H groups in total. The number of rotatable bonds is 5. The van der Waals surface area contributed by atoms with Crippen molar-refractivity contribution >= 4 is 0 Å². The maximum atomic E-state index is 10.1. The lowest BCUT2D eigenvalue weighted by Gasteiger charge is -2.14. The molecule has 2 aromatic rings. The molecule has 0 aliphatic heterocycles. The number of benzene rings is 2. The van der Waals surface area contributed by atoms with Crippen LogP contribution in [0, 0.1) is 6.92 Å². The van der Waals surface area contributed by atoms with Crippen molar-refractivity contribution in [1.29, 1.82) is 0 Å². The third kappa shape index (κ3) is 3.58. The lowest BCUT2D eigenvalue weighted by molar-refractivity contribution is 0.108. The maximum absolute atomic E-state index is 10.1. The minimum absolute atomic E-state index is 0.274. The average Bonchev–Trinajstić information content (AvgIpc) is 2.46. The quantitative estimate of drug-likeness (QED) is 0.884. The first kappa shape index (κ1) is 13.6. The van der Waals surface area contributed by atoms with Gasteiger partial charge in [0.15, 0.2) is 0 Å². The summed E-state index contributed by atoms with van der Waals surface area (Å²) in [6.07, 6.45) is 0.418. The highest BCUT2D eigenvalue weighted by Crippen LogP contribution is 2.20. The van der Waals surface area contributed by atoms with Gasteiger partial charge >= 0.3 is 0 Å². The molecule has 0 bridgehead atoms. The van der Waals surface area contributed by atoms with Crippen LogP contribution in [0.1, 0.15) is 29.7 Å². The Bertz CT molecular complexity index is 517. The molecular weight excluding hydrogens is 236 g/mol. The summed E-state index contributed by atoms with van der Waals surface area (Å²) < 4.78 is 5.66. The fourth-order valence-corrected chi connectivity index (χ4v) is 1.96. The van der Waals surface area contributed by atoms with Gasteiger partial charge in [-0.3, -0.25) is 0 Å². The molecule has 0 radical (unpaired) electrons. The molecule has 2 heteroatoms. The van der Waals surface area contributed by atoms with Gasteiger partial charge in [0.05, 0.1) is 0 Å². The van der Waals surface area contributed by atoms with Crippen molar-refractivity contribution in [1.82, 2.24) is 0 Å². The standard InChI is InChI=1S/C17H20O2/c1-3-14-8-10-15(11-9-14)16(18)12-19-17-7-5-4-6-13(17)2/h4-11,16,18H,3,12H2,1-2H3. The zero-order chi connectivity index (χ0) is 13.7. The van der Waals surface area contributed by atoms with Crippen molar-refractivity contribution in [3.8, 4) is 5.75 Å². The first-order valence-electron chi connectivity index (χ1n) is 6.66. The van der Waals surface area contributed by atoms with Crippen molar-refractivity contribution < 1.29 is 9.84 Å². The van der Waals surface area contributed by atoms with E-state index in [1.54, 1.807) is 0 Å². The summed E-state index contributed by atoms with van der Waals surface area (Å²) in [7, 11) is 0. The van der Waals surface area contributed by atoms with Gasteiger partial charge in [0.25, 0.3) is 0 Å². The molecule has 2 aromatic carbocycles.